The first-order chi connectivity index (χ1) is 11.0. The first-order valence-corrected chi connectivity index (χ1v) is 8.01. The van der Waals surface area contributed by atoms with Gasteiger partial charge in [0, 0.05) is 5.02 Å². The second kappa shape index (κ2) is 8.40. The van der Waals surface area contributed by atoms with E-state index < -0.39 is 7.12 Å². The van der Waals surface area contributed by atoms with E-state index in [2.05, 4.69) is 15.5 Å². The number of aromatic nitrogens is 4. The summed E-state index contributed by atoms with van der Waals surface area (Å²) >= 11 is 5.91. The molecule has 2 rings (SSSR count). The number of unbranched alkanes of at least 4 members (excludes halogenated alkanes) is 1. The van der Waals surface area contributed by atoms with Crippen LogP contribution in [0.25, 0.3) is 0 Å². The van der Waals surface area contributed by atoms with Gasteiger partial charge in [0.15, 0.2) is 5.82 Å². The van der Waals surface area contributed by atoms with Gasteiger partial charge in [-0.15, -0.1) is 5.10 Å². The maximum atomic E-state index is 8.84. The molecule has 0 amide bonds. The summed E-state index contributed by atoms with van der Waals surface area (Å²) in [6.07, 6.45) is 2.50. The van der Waals surface area contributed by atoms with Crippen molar-refractivity contribution in [3.63, 3.8) is 0 Å². The third-order valence-electron chi connectivity index (χ3n) is 3.80. The maximum absolute atomic E-state index is 8.84. The summed E-state index contributed by atoms with van der Waals surface area (Å²) in [6.45, 7) is 2.00. The predicted octanol–water partition coefficient (Wildman–Crippen LogP) is 1.58. The lowest BCUT2D eigenvalue weighted by molar-refractivity contribution is 0.400. The molecule has 0 saturated heterocycles. The molecule has 9 heteroatoms. The number of halogens is 1. The van der Waals surface area contributed by atoms with Crippen LogP contribution in [0.2, 0.25) is 11.3 Å². The number of nitrogens with zero attached hydrogens (tertiary/aromatic N) is 4. The van der Waals surface area contributed by atoms with Crippen molar-refractivity contribution in [3.8, 4) is 0 Å². The zero-order chi connectivity index (χ0) is 16.8. The predicted molar refractivity (Wildman–Crippen MR) is 88.9 cm³/mol. The van der Waals surface area contributed by atoms with E-state index in [4.69, 9.17) is 27.4 Å². The Morgan fingerprint density at radius 1 is 1.26 bits per heavy atom. The molecule has 0 bridgehead atoms. The van der Waals surface area contributed by atoms with Crippen LogP contribution in [0.3, 0.4) is 0 Å². The van der Waals surface area contributed by atoms with Gasteiger partial charge in [0.1, 0.15) is 0 Å². The summed E-state index contributed by atoms with van der Waals surface area (Å²) in [5, 5.41) is 30.2. The van der Waals surface area contributed by atoms with Crippen LogP contribution < -0.4 is 5.73 Å². The quantitative estimate of drug-likeness (QED) is 0.498. The van der Waals surface area contributed by atoms with Gasteiger partial charge in [-0.1, -0.05) is 36.6 Å². The van der Waals surface area contributed by atoms with Gasteiger partial charge in [-0.05, 0) is 47.8 Å². The fraction of sp³-hybridized carbons (Fsp3) is 0.500. The standard InChI is InChI=1S/C14H21BClN5O2/c1-10(11-5-7-12(16)8-6-11)21-14(18-19-20-21)13(17)4-2-3-9-15(22)23/h5-8,10,13,22-23H,2-4,9,17H2,1H3/t10-,13?/m1/s1. The number of hydrogen-bond acceptors (Lipinski definition) is 6. The van der Waals surface area contributed by atoms with E-state index in [1.807, 2.05) is 31.2 Å². The van der Waals surface area contributed by atoms with Gasteiger partial charge in [0.05, 0.1) is 12.1 Å². The Bertz CT molecular complexity index is 607. The van der Waals surface area contributed by atoms with E-state index in [1.54, 1.807) is 4.68 Å². The third-order valence-corrected chi connectivity index (χ3v) is 4.05. The highest BCUT2D eigenvalue weighted by Crippen LogP contribution is 2.23. The van der Waals surface area contributed by atoms with Gasteiger partial charge in [0.25, 0.3) is 0 Å². The Morgan fingerprint density at radius 3 is 2.61 bits per heavy atom. The van der Waals surface area contributed by atoms with Gasteiger partial charge in [-0.25, -0.2) is 4.68 Å². The zero-order valence-corrected chi connectivity index (χ0v) is 13.8. The molecule has 0 aliphatic rings. The van der Waals surface area contributed by atoms with E-state index in [0.717, 1.165) is 12.0 Å². The van der Waals surface area contributed by atoms with Gasteiger partial charge >= 0.3 is 7.12 Å². The Hall–Kier alpha value is -1.48. The number of benzene rings is 1. The summed E-state index contributed by atoms with van der Waals surface area (Å²) in [5.74, 6) is 0.622. The minimum absolute atomic E-state index is 0.0532. The molecule has 1 unspecified atom stereocenters. The minimum atomic E-state index is -1.26. The van der Waals surface area contributed by atoms with Gasteiger partial charge < -0.3 is 15.8 Å². The molecule has 0 fully saturated rings. The molecule has 0 aliphatic heterocycles. The molecule has 0 aliphatic carbocycles. The van der Waals surface area contributed by atoms with Crippen molar-refractivity contribution in [2.75, 3.05) is 0 Å². The van der Waals surface area contributed by atoms with Gasteiger partial charge in [-0.2, -0.15) is 0 Å². The molecule has 2 atom stereocenters. The van der Waals surface area contributed by atoms with Crippen molar-refractivity contribution in [3.05, 3.63) is 40.7 Å². The average molecular weight is 338 g/mol. The van der Waals surface area contributed by atoms with E-state index in [1.165, 1.54) is 0 Å². The summed E-state index contributed by atoms with van der Waals surface area (Å²) in [7, 11) is -1.26. The number of tetrazole rings is 1. The highest BCUT2D eigenvalue weighted by Gasteiger charge is 2.20. The van der Waals surface area contributed by atoms with Crippen molar-refractivity contribution in [2.45, 2.75) is 44.6 Å². The van der Waals surface area contributed by atoms with Crippen molar-refractivity contribution in [1.82, 2.24) is 20.2 Å². The summed E-state index contributed by atoms with van der Waals surface area (Å²) in [6, 6.07) is 7.19. The highest BCUT2D eigenvalue weighted by atomic mass is 35.5. The second-order valence-electron chi connectivity index (χ2n) is 5.58. The third kappa shape index (κ3) is 5.00. The van der Waals surface area contributed by atoms with Crippen LogP contribution in [-0.4, -0.2) is 37.4 Å². The van der Waals surface area contributed by atoms with E-state index >= 15 is 0 Å². The fourth-order valence-electron chi connectivity index (χ4n) is 2.42. The topological polar surface area (TPSA) is 110 Å². The van der Waals surface area contributed by atoms with Crippen molar-refractivity contribution in [2.24, 2.45) is 5.73 Å². The lowest BCUT2D eigenvalue weighted by Crippen LogP contribution is -2.20. The van der Waals surface area contributed by atoms with Crippen LogP contribution in [-0.2, 0) is 0 Å². The Morgan fingerprint density at radius 2 is 1.96 bits per heavy atom. The van der Waals surface area contributed by atoms with Crippen LogP contribution in [0.1, 0.15) is 49.7 Å². The summed E-state index contributed by atoms with van der Waals surface area (Å²) in [5.41, 5.74) is 7.23. The maximum Gasteiger partial charge on any atom is 0.451 e. The summed E-state index contributed by atoms with van der Waals surface area (Å²) in [4.78, 5) is 0. The molecule has 0 saturated carbocycles. The van der Waals surface area contributed by atoms with Gasteiger partial charge in [0.2, 0.25) is 0 Å². The van der Waals surface area contributed by atoms with Crippen LogP contribution in [0.5, 0.6) is 0 Å². The molecule has 0 radical (unpaired) electrons. The minimum Gasteiger partial charge on any atom is -0.427 e. The van der Waals surface area contributed by atoms with E-state index in [9.17, 15) is 0 Å². The van der Waals surface area contributed by atoms with E-state index in [0.29, 0.717) is 30.0 Å². The molecule has 124 valence electrons. The first kappa shape index (κ1) is 17.9. The first-order valence-electron chi connectivity index (χ1n) is 7.64. The molecule has 2 aromatic rings. The highest BCUT2D eigenvalue weighted by molar-refractivity contribution is 6.40. The SMILES string of the molecule is C[C@H](c1ccc(Cl)cc1)n1nnnc1C(N)CCCCB(O)O. The van der Waals surface area contributed by atoms with Crippen LogP contribution in [0.4, 0.5) is 0 Å². The number of hydrogen-bond donors (Lipinski definition) is 3. The molecule has 1 aromatic carbocycles. The zero-order valence-electron chi connectivity index (χ0n) is 13.0. The lowest BCUT2D eigenvalue weighted by Gasteiger charge is -2.17. The van der Waals surface area contributed by atoms with Crippen LogP contribution in [0, 0.1) is 0 Å². The normalized spacial score (nSPS) is 13.8. The lowest BCUT2D eigenvalue weighted by atomic mass is 9.83. The van der Waals surface area contributed by atoms with E-state index in [-0.39, 0.29) is 12.1 Å². The van der Waals surface area contributed by atoms with Crippen molar-refractivity contribution < 1.29 is 10.0 Å². The number of nitrogens with two attached hydrogens (primary N) is 1. The number of rotatable bonds is 8. The Balaban J connectivity index is 2.02. The Labute approximate surface area is 140 Å². The molecule has 7 nitrogen and oxygen atoms in total. The smallest absolute Gasteiger partial charge is 0.427 e. The van der Waals surface area contributed by atoms with Crippen LogP contribution >= 0.6 is 11.6 Å². The largest absolute Gasteiger partial charge is 0.451 e. The molecule has 23 heavy (non-hydrogen) atoms. The molecular formula is C14H21BClN5O2. The average Bonchev–Trinajstić information content (AvgIpc) is 3.01. The fourth-order valence-corrected chi connectivity index (χ4v) is 2.55. The second-order valence-corrected chi connectivity index (χ2v) is 6.02. The monoisotopic (exact) mass is 337 g/mol. The molecular weight excluding hydrogens is 316 g/mol. The molecule has 0 spiro atoms. The van der Waals surface area contributed by atoms with Gasteiger partial charge in [-0.3, -0.25) is 0 Å². The molecule has 1 aromatic heterocycles. The Kier molecular flexibility index (Phi) is 6.53. The van der Waals surface area contributed by atoms with Crippen LogP contribution in [0.15, 0.2) is 24.3 Å². The van der Waals surface area contributed by atoms with Crippen molar-refractivity contribution in [1.29, 1.82) is 0 Å². The molecule has 4 N–H and O–H groups in total. The summed E-state index contributed by atoms with van der Waals surface area (Å²) < 4.78 is 1.72. The van der Waals surface area contributed by atoms with Crippen molar-refractivity contribution >= 4 is 18.7 Å². The molecule has 1 heterocycles.